The lowest BCUT2D eigenvalue weighted by Gasteiger charge is -2.16. The fourth-order valence-corrected chi connectivity index (χ4v) is 5.22. The lowest BCUT2D eigenvalue weighted by Crippen LogP contribution is -2.14. The van der Waals surface area contributed by atoms with Crippen molar-refractivity contribution in [3.63, 3.8) is 0 Å². The number of anilines is 3. The number of rotatable bonds is 7. The maximum atomic E-state index is 12.8. The molecule has 5 aromatic rings. The number of carbonyl (C=O) groups is 1. The molecule has 0 bridgehead atoms. The molecule has 12 heteroatoms. The second kappa shape index (κ2) is 13.9. The van der Waals surface area contributed by atoms with Gasteiger partial charge >= 0.3 is 6.18 Å². The van der Waals surface area contributed by atoms with E-state index in [0.29, 0.717) is 28.7 Å². The number of hydrogen-bond acceptors (Lipinski definition) is 9. The Bertz CT molecular complexity index is 1820. The van der Waals surface area contributed by atoms with Crippen LogP contribution < -0.4 is 10.6 Å². The van der Waals surface area contributed by atoms with Gasteiger partial charge in [-0.15, -0.1) is 0 Å². The molecular weight excluding hydrogens is 595 g/mol. The number of carbonyl (C=O) groups excluding carboxylic acids is 1. The molecule has 0 aliphatic carbocycles. The molecule has 6 rings (SSSR count). The number of halogens is 3. The summed E-state index contributed by atoms with van der Waals surface area (Å²) >= 11 is 0. The van der Waals surface area contributed by atoms with Crippen LogP contribution in [0.5, 0.6) is 0 Å². The lowest BCUT2D eigenvalue weighted by molar-refractivity contribution is -0.137. The van der Waals surface area contributed by atoms with Crippen LogP contribution in [-0.2, 0) is 6.18 Å². The van der Waals surface area contributed by atoms with Gasteiger partial charge < -0.3 is 20.1 Å². The Hall–Kier alpha value is -5.10. The molecule has 4 heterocycles. The largest absolute Gasteiger partial charge is 0.416 e. The number of aryl methyl sites for hydroxylation is 2. The van der Waals surface area contributed by atoms with E-state index in [9.17, 15) is 18.0 Å². The van der Waals surface area contributed by atoms with Gasteiger partial charge in [0.05, 0.1) is 17.5 Å². The van der Waals surface area contributed by atoms with Crippen LogP contribution in [0, 0.1) is 13.8 Å². The van der Waals surface area contributed by atoms with Crippen molar-refractivity contribution in [3.05, 3.63) is 101 Å². The second-order valence-electron chi connectivity index (χ2n) is 11.2. The highest BCUT2D eigenvalue weighted by atomic mass is 19.4. The minimum Gasteiger partial charge on any atom is -0.388 e. The van der Waals surface area contributed by atoms with Crippen molar-refractivity contribution in [1.29, 1.82) is 0 Å². The highest BCUT2D eigenvalue weighted by Gasteiger charge is 2.32. The molecule has 1 atom stereocenters. The van der Waals surface area contributed by atoms with E-state index in [1.165, 1.54) is 6.07 Å². The molecule has 238 valence electrons. The molecule has 1 unspecified atom stereocenters. The van der Waals surface area contributed by atoms with Crippen LogP contribution in [0.4, 0.5) is 30.5 Å². The Kier molecular flexibility index (Phi) is 9.76. The predicted molar refractivity (Wildman–Crippen MR) is 171 cm³/mol. The molecule has 1 aliphatic rings. The van der Waals surface area contributed by atoms with E-state index in [1.54, 1.807) is 44.0 Å². The smallest absolute Gasteiger partial charge is 0.388 e. The average molecular weight is 630 g/mol. The quantitative estimate of drug-likeness (QED) is 0.177. The third-order valence-electron chi connectivity index (χ3n) is 7.78. The van der Waals surface area contributed by atoms with Gasteiger partial charge in [-0.1, -0.05) is 17.3 Å². The third kappa shape index (κ3) is 7.75. The summed E-state index contributed by atoms with van der Waals surface area (Å²) in [6, 6.07) is 13.4. The molecule has 1 fully saturated rings. The summed E-state index contributed by atoms with van der Waals surface area (Å²) < 4.78 is 43.7. The molecule has 2 N–H and O–H groups in total. The van der Waals surface area contributed by atoms with Gasteiger partial charge in [0.15, 0.2) is 5.76 Å². The second-order valence-corrected chi connectivity index (χ2v) is 11.2. The standard InChI is InChI=1S/C21H17N5O2.C13H17F3N2/c1-13-3-4-15(12-27)7-19(13)26-21-23-6-5-18(25-21)16-8-17(11-22-10-16)20-14(2)9-24-28-20;1-17-12-6-10(9-3-4-18(2)8-9)5-11(7-12)13(14,15)16/h3-12H,1-2H3,(H,23,25,26);5-7,9,17H,3-4,8H2,1-2H3. The Morgan fingerprint density at radius 2 is 1.80 bits per heavy atom. The summed E-state index contributed by atoms with van der Waals surface area (Å²) in [5.41, 5.74) is 6.40. The maximum Gasteiger partial charge on any atom is 0.416 e. The minimum absolute atomic E-state index is 0.199. The number of aromatic nitrogens is 4. The molecule has 0 amide bonds. The van der Waals surface area contributed by atoms with Gasteiger partial charge in [-0.25, -0.2) is 9.97 Å². The zero-order valence-electron chi connectivity index (χ0n) is 25.9. The number of likely N-dealkylation sites (N-methyl/N-ethyl adjacent to an activating group) is 1. The number of nitrogens with zero attached hydrogens (tertiary/aromatic N) is 5. The Morgan fingerprint density at radius 1 is 1.00 bits per heavy atom. The van der Waals surface area contributed by atoms with Gasteiger partial charge in [0.25, 0.3) is 0 Å². The molecule has 1 saturated heterocycles. The van der Waals surface area contributed by atoms with Crippen molar-refractivity contribution >= 4 is 23.6 Å². The van der Waals surface area contributed by atoms with Crippen LogP contribution >= 0.6 is 0 Å². The minimum atomic E-state index is -4.29. The van der Waals surface area contributed by atoms with Gasteiger partial charge in [-0.05, 0) is 87.3 Å². The first-order valence-corrected chi connectivity index (χ1v) is 14.7. The van der Waals surface area contributed by atoms with E-state index < -0.39 is 11.7 Å². The number of pyridine rings is 1. The van der Waals surface area contributed by atoms with Gasteiger partial charge in [0.2, 0.25) is 5.95 Å². The molecular formula is C34H34F3N7O2. The molecule has 9 nitrogen and oxygen atoms in total. The molecule has 46 heavy (non-hydrogen) atoms. The Morgan fingerprint density at radius 3 is 2.48 bits per heavy atom. The van der Waals surface area contributed by atoms with E-state index >= 15 is 0 Å². The summed E-state index contributed by atoms with van der Waals surface area (Å²) in [5, 5.41) is 9.80. The SMILES string of the molecule is CNc1cc(C2CCN(C)C2)cc(C(F)(F)F)c1.Cc1ccc(C=O)cc1Nc1nccc(-c2cncc(-c3oncc3C)c2)n1. The van der Waals surface area contributed by atoms with Crippen molar-refractivity contribution in [3.8, 4) is 22.6 Å². The number of alkyl halides is 3. The van der Waals surface area contributed by atoms with Crippen LogP contribution in [0.3, 0.4) is 0 Å². The Labute approximate surface area is 264 Å². The zero-order chi connectivity index (χ0) is 32.8. The van der Waals surface area contributed by atoms with Gasteiger partial charge in [0.1, 0.15) is 6.29 Å². The van der Waals surface area contributed by atoms with Crippen LogP contribution in [0.1, 0.15) is 45.0 Å². The summed E-state index contributed by atoms with van der Waals surface area (Å²) in [6.07, 6.45) is 4.25. The number of hydrogen-bond donors (Lipinski definition) is 2. The van der Waals surface area contributed by atoms with E-state index in [2.05, 4.69) is 35.6 Å². The first kappa shape index (κ1) is 32.3. The summed E-state index contributed by atoms with van der Waals surface area (Å²) in [7, 11) is 3.63. The average Bonchev–Trinajstić information content (AvgIpc) is 3.70. The van der Waals surface area contributed by atoms with Gasteiger partial charge in [-0.3, -0.25) is 9.78 Å². The van der Waals surface area contributed by atoms with Crippen molar-refractivity contribution < 1.29 is 22.5 Å². The molecule has 2 aromatic carbocycles. The number of benzene rings is 2. The van der Waals surface area contributed by atoms with Crippen molar-refractivity contribution in [2.45, 2.75) is 32.4 Å². The molecule has 0 saturated carbocycles. The number of aldehydes is 1. The lowest BCUT2D eigenvalue weighted by atomic mass is 9.95. The normalized spacial score (nSPS) is 14.8. The van der Waals surface area contributed by atoms with Crippen molar-refractivity contribution in [2.75, 3.05) is 37.8 Å². The van der Waals surface area contributed by atoms with E-state index in [0.717, 1.165) is 65.4 Å². The van der Waals surface area contributed by atoms with Gasteiger partial charge in [0, 0.05) is 65.8 Å². The van der Waals surface area contributed by atoms with Crippen molar-refractivity contribution in [2.24, 2.45) is 0 Å². The summed E-state index contributed by atoms with van der Waals surface area (Å²) in [4.78, 5) is 26.3. The fraction of sp³-hybridized carbons (Fsp3) is 0.265. The first-order valence-electron chi connectivity index (χ1n) is 14.7. The van der Waals surface area contributed by atoms with E-state index in [-0.39, 0.29) is 5.92 Å². The highest BCUT2D eigenvalue weighted by molar-refractivity contribution is 5.78. The van der Waals surface area contributed by atoms with E-state index in [1.807, 2.05) is 45.2 Å². The van der Waals surface area contributed by atoms with Gasteiger partial charge in [-0.2, -0.15) is 13.2 Å². The zero-order valence-corrected chi connectivity index (χ0v) is 25.9. The number of likely N-dealkylation sites (tertiary alicyclic amines) is 1. The molecule has 3 aromatic heterocycles. The summed E-state index contributed by atoms with van der Waals surface area (Å²) in [6.45, 7) is 5.65. The summed E-state index contributed by atoms with van der Waals surface area (Å²) in [5.74, 6) is 1.32. The molecule has 0 spiro atoms. The maximum absolute atomic E-state index is 12.8. The highest BCUT2D eigenvalue weighted by Crippen LogP contribution is 2.36. The molecule has 1 aliphatic heterocycles. The first-order chi connectivity index (χ1) is 22.0. The third-order valence-corrected chi connectivity index (χ3v) is 7.78. The monoisotopic (exact) mass is 629 g/mol. The van der Waals surface area contributed by atoms with E-state index in [4.69, 9.17) is 4.52 Å². The predicted octanol–water partition coefficient (Wildman–Crippen LogP) is 7.53. The van der Waals surface area contributed by atoms with Crippen LogP contribution in [-0.4, -0.2) is 58.5 Å². The number of nitrogens with one attached hydrogen (secondary N) is 2. The van der Waals surface area contributed by atoms with Crippen molar-refractivity contribution in [1.82, 2.24) is 25.0 Å². The topological polar surface area (TPSA) is 109 Å². The Balaban J connectivity index is 0.000000200. The van der Waals surface area contributed by atoms with Crippen LogP contribution in [0.2, 0.25) is 0 Å². The molecule has 0 radical (unpaired) electrons. The van der Waals surface area contributed by atoms with Crippen LogP contribution in [0.15, 0.2) is 77.8 Å². The fourth-order valence-electron chi connectivity index (χ4n) is 5.22. The van der Waals surface area contributed by atoms with Crippen LogP contribution in [0.25, 0.3) is 22.6 Å².